The molecule has 0 aliphatic carbocycles. The van der Waals surface area contributed by atoms with Crippen LogP contribution in [0.2, 0.25) is 0 Å². The summed E-state index contributed by atoms with van der Waals surface area (Å²) in [6.45, 7) is 8.18. The van der Waals surface area contributed by atoms with Crippen LogP contribution in [0.1, 0.15) is 40.5 Å². The van der Waals surface area contributed by atoms with Gasteiger partial charge in [0.2, 0.25) is 0 Å². The highest BCUT2D eigenvalue weighted by Crippen LogP contribution is 2.28. The molecule has 0 unspecified atom stereocenters. The van der Waals surface area contributed by atoms with Crippen molar-refractivity contribution < 1.29 is 19.4 Å². The lowest BCUT2D eigenvalue weighted by atomic mass is 9.92. The standard InChI is InChI=1S/C13H23NO4/c1-5-6-9-7-14(8-10(9)11(15)16)12(17)18-13(2,3)4/h9-10H,5-8H2,1-4H3,(H,15,16)/t9-,10-/m1/s1. The third-order valence-corrected chi connectivity index (χ3v) is 3.07. The van der Waals surface area contributed by atoms with Crippen molar-refractivity contribution in [3.63, 3.8) is 0 Å². The van der Waals surface area contributed by atoms with Crippen molar-refractivity contribution in [1.29, 1.82) is 0 Å². The molecule has 18 heavy (non-hydrogen) atoms. The minimum atomic E-state index is -0.820. The number of carboxylic acids is 1. The molecule has 0 aromatic rings. The summed E-state index contributed by atoms with van der Waals surface area (Å²) in [4.78, 5) is 24.6. The number of carboxylic acid groups (broad SMARTS) is 1. The maximum Gasteiger partial charge on any atom is 0.410 e. The summed E-state index contributed by atoms with van der Waals surface area (Å²) in [7, 11) is 0. The summed E-state index contributed by atoms with van der Waals surface area (Å²) in [5.74, 6) is -1.24. The molecule has 5 heteroatoms. The first-order valence-corrected chi connectivity index (χ1v) is 6.45. The minimum Gasteiger partial charge on any atom is -0.481 e. The van der Waals surface area contributed by atoms with Gasteiger partial charge in [-0.2, -0.15) is 0 Å². The van der Waals surface area contributed by atoms with Crippen molar-refractivity contribution in [2.24, 2.45) is 11.8 Å². The van der Waals surface area contributed by atoms with Crippen molar-refractivity contribution in [3.8, 4) is 0 Å². The average Bonchev–Trinajstić information content (AvgIpc) is 2.59. The highest BCUT2D eigenvalue weighted by atomic mass is 16.6. The Labute approximate surface area is 108 Å². The van der Waals surface area contributed by atoms with Crippen molar-refractivity contribution in [2.45, 2.75) is 46.1 Å². The second-order valence-corrected chi connectivity index (χ2v) is 5.88. The molecule has 0 bridgehead atoms. The molecule has 0 aromatic heterocycles. The van der Waals surface area contributed by atoms with Crippen LogP contribution in [-0.2, 0) is 9.53 Å². The summed E-state index contributed by atoms with van der Waals surface area (Å²) in [5, 5.41) is 9.16. The molecule has 0 aromatic carbocycles. The molecule has 1 heterocycles. The molecule has 2 atom stereocenters. The zero-order chi connectivity index (χ0) is 13.9. The second kappa shape index (κ2) is 5.59. The number of rotatable bonds is 3. The van der Waals surface area contributed by atoms with E-state index in [2.05, 4.69) is 0 Å². The Bertz CT molecular complexity index is 321. The summed E-state index contributed by atoms with van der Waals surface area (Å²) in [6.07, 6.45) is 1.35. The van der Waals surface area contributed by atoms with Crippen LogP contribution in [0, 0.1) is 11.8 Å². The van der Waals surface area contributed by atoms with Gasteiger partial charge < -0.3 is 14.7 Å². The normalized spacial score (nSPS) is 24.1. The Morgan fingerprint density at radius 1 is 1.33 bits per heavy atom. The van der Waals surface area contributed by atoms with Crippen molar-refractivity contribution in [2.75, 3.05) is 13.1 Å². The van der Waals surface area contributed by atoms with E-state index in [1.807, 2.05) is 6.92 Å². The van der Waals surface area contributed by atoms with Crippen molar-refractivity contribution >= 4 is 12.1 Å². The highest BCUT2D eigenvalue weighted by Gasteiger charge is 2.40. The molecule has 0 spiro atoms. The molecule has 0 radical (unpaired) electrons. The van der Waals surface area contributed by atoms with E-state index in [-0.39, 0.29) is 12.5 Å². The topological polar surface area (TPSA) is 66.8 Å². The number of carbonyl (C=O) groups excluding carboxylic acids is 1. The van der Waals surface area contributed by atoms with Gasteiger partial charge in [0, 0.05) is 13.1 Å². The number of amides is 1. The Kier molecular flexibility index (Phi) is 4.59. The molecule has 1 amide bonds. The minimum absolute atomic E-state index is 0.0417. The van der Waals surface area contributed by atoms with Crippen LogP contribution in [0.4, 0.5) is 4.79 Å². The number of aliphatic carboxylic acids is 1. The van der Waals surface area contributed by atoms with Gasteiger partial charge in [-0.3, -0.25) is 4.79 Å². The van der Waals surface area contributed by atoms with Gasteiger partial charge in [-0.05, 0) is 33.1 Å². The Morgan fingerprint density at radius 2 is 1.94 bits per heavy atom. The van der Waals surface area contributed by atoms with E-state index in [0.717, 1.165) is 12.8 Å². The zero-order valence-electron chi connectivity index (χ0n) is 11.6. The highest BCUT2D eigenvalue weighted by molar-refractivity contribution is 5.74. The van der Waals surface area contributed by atoms with E-state index in [0.29, 0.717) is 6.54 Å². The molecular formula is C13H23NO4. The van der Waals surface area contributed by atoms with E-state index < -0.39 is 23.6 Å². The Balaban J connectivity index is 2.65. The van der Waals surface area contributed by atoms with Gasteiger partial charge in [0.25, 0.3) is 0 Å². The van der Waals surface area contributed by atoms with Crippen LogP contribution in [0.15, 0.2) is 0 Å². The zero-order valence-corrected chi connectivity index (χ0v) is 11.6. The number of hydrogen-bond donors (Lipinski definition) is 1. The molecular weight excluding hydrogens is 234 g/mol. The van der Waals surface area contributed by atoms with Gasteiger partial charge in [0.1, 0.15) is 5.60 Å². The van der Waals surface area contributed by atoms with Gasteiger partial charge >= 0.3 is 12.1 Å². The van der Waals surface area contributed by atoms with Crippen molar-refractivity contribution in [1.82, 2.24) is 4.90 Å². The molecule has 1 fully saturated rings. The SMILES string of the molecule is CCC[C@@H]1CN(C(=O)OC(C)(C)C)C[C@H]1C(=O)O. The van der Waals surface area contributed by atoms with Gasteiger partial charge in [0.05, 0.1) is 5.92 Å². The van der Waals surface area contributed by atoms with Gasteiger partial charge in [-0.15, -0.1) is 0 Å². The smallest absolute Gasteiger partial charge is 0.410 e. The molecule has 1 aliphatic heterocycles. The monoisotopic (exact) mass is 257 g/mol. The van der Waals surface area contributed by atoms with E-state index in [9.17, 15) is 9.59 Å². The Morgan fingerprint density at radius 3 is 2.39 bits per heavy atom. The number of ether oxygens (including phenoxy) is 1. The summed E-state index contributed by atoms with van der Waals surface area (Å²) < 4.78 is 5.27. The quantitative estimate of drug-likeness (QED) is 0.842. The Hall–Kier alpha value is -1.26. The second-order valence-electron chi connectivity index (χ2n) is 5.88. The molecule has 104 valence electrons. The predicted octanol–water partition coefficient (Wildman–Crippen LogP) is 2.35. The molecule has 5 nitrogen and oxygen atoms in total. The van der Waals surface area contributed by atoms with E-state index in [1.54, 1.807) is 20.8 Å². The van der Waals surface area contributed by atoms with E-state index >= 15 is 0 Å². The van der Waals surface area contributed by atoms with Gasteiger partial charge in [-0.25, -0.2) is 4.79 Å². The molecule has 1 rings (SSSR count). The van der Waals surface area contributed by atoms with Gasteiger partial charge in [0.15, 0.2) is 0 Å². The van der Waals surface area contributed by atoms with Crippen molar-refractivity contribution in [3.05, 3.63) is 0 Å². The largest absolute Gasteiger partial charge is 0.481 e. The first kappa shape index (κ1) is 14.8. The number of nitrogens with zero attached hydrogens (tertiary/aromatic N) is 1. The summed E-state index contributed by atoms with van der Waals surface area (Å²) >= 11 is 0. The van der Waals surface area contributed by atoms with Crippen LogP contribution in [0.25, 0.3) is 0 Å². The van der Waals surface area contributed by atoms with Crippen LogP contribution in [0.3, 0.4) is 0 Å². The maximum absolute atomic E-state index is 11.9. The fourth-order valence-corrected chi connectivity index (χ4v) is 2.29. The van der Waals surface area contributed by atoms with Crippen LogP contribution in [0.5, 0.6) is 0 Å². The number of likely N-dealkylation sites (tertiary alicyclic amines) is 1. The summed E-state index contributed by atoms with van der Waals surface area (Å²) in [6, 6.07) is 0. The van der Waals surface area contributed by atoms with E-state index in [1.165, 1.54) is 4.90 Å². The fraction of sp³-hybridized carbons (Fsp3) is 0.846. The molecule has 1 aliphatic rings. The fourth-order valence-electron chi connectivity index (χ4n) is 2.29. The molecule has 1 N–H and O–H groups in total. The van der Waals surface area contributed by atoms with Crippen LogP contribution < -0.4 is 0 Å². The third kappa shape index (κ3) is 3.89. The number of carbonyl (C=O) groups is 2. The number of hydrogen-bond acceptors (Lipinski definition) is 3. The lowest BCUT2D eigenvalue weighted by Crippen LogP contribution is -2.35. The first-order chi connectivity index (χ1) is 8.24. The first-order valence-electron chi connectivity index (χ1n) is 6.45. The lowest BCUT2D eigenvalue weighted by molar-refractivity contribution is -0.142. The van der Waals surface area contributed by atoms with Crippen LogP contribution >= 0.6 is 0 Å². The van der Waals surface area contributed by atoms with E-state index in [4.69, 9.17) is 9.84 Å². The molecule has 1 saturated heterocycles. The predicted molar refractivity (Wildman–Crippen MR) is 67.3 cm³/mol. The average molecular weight is 257 g/mol. The maximum atomic E-state index is 11.9. The summed E-state index contributed by atoms with van der Waals surface area (Å²) in [5.41, 5.74) is -0.543. The van der Waals surface area contributed by atoms with Crippen LogP contribution in [-0.4, -0.2) is 40.8 Å². The lowest BCUT2D eigenvalue weighted by Gasteiger charge is -2.24. The molecule has 0 saturated carbocycles. The van der Waals surface area contributed by atoms with Gasteiger partial charge in [-0.1, -0.05) is 13.3 Å². The third-order valence-electron chi connectivity index (χ3n) is 3.07.